The summed E-state index contributed by atoms with van der Waals surface area (Å²) in [6, 6.07) is 8.16. The molecule has 0 atom stereocenters. The van der Waals surface area contributed by atoms with Gasteiger partial charge in [-0.05, 0) is 25.1 Å². The smallest absolute Gasteiger partial charge is 0.121 e. The molecule has 1 fully saturated rings. The van der Waals surface area contributed by atoms with Crippen molar-refractivity contribution < 1.29 is 0 Å². The molecule has 0 radical (unpaired) electrons. The van der Waals surface area contributed by atoms with Gasteiger partial charge in [0, 0.05) is 24.9 Å². The van der Waals surface area contributed by atoms with Gasteiger partial charge in [-0.1, -0.05) is 37.8 Å². The summed E-state index contributed by atoms with van der Waals surface area (Å²) in [5.41, 5.74) is 3.31. The van der Waals surface area contributed by atoms with Crippen molar-refractivity contribution in [3.8, 4) is 0 Å². The van der Waals surface area contributed by atoms with Crippen molar-refractivity contribution in [3.63, 3.8) is 0 Å². The normalized spacial score (nSPS) is 15.8. The maximum Gasteiger partial charge on any atom is 0.121 e. The third-order valence-corrected chi connectivity index (χ3v) is 4.94. The summed E-state index contributed by atoms with van der Waals surface area (Å²) in [4.78, 5) is 18.4. The van der Waals surface area contributed by atoms with Crippen LogP contribution in [0.15, 0.2) is 30.5 Å². The van der Waals surface area contributed by atoms with Crippen molar-refractivity contribution in [2.24, 2.45) is 5.92 Å². The summed E-state index contributed by atoms with van der Waals surface area (Å²) in [5, 5.41) is 0. The van der Waals surface area contributed by atoms with Crippen LogP contribution in [0.4, 0.5) is 0 Å². The van der Waals surface area contributed by atoms with Crippen LogP contribution in [-0.4, -0.2) is 31.9 Å². The number of fused-ring (bicyclic) bond motifs is 1. The molecule has 1 aromatic carbocycles. The molecule has 0 saturated heterocycles. The zero-order chi connectivity index (χ0) is 16.4. The molecule has 4 rings (SSSR count). The predicted molar refractivity (Wildman–Crippen MR) is 95.5 cm³/mol. The number of H-pyrrole nitrogens is 2. The van der Waals surface area contributed by atoms with Crippen LogP contribution in [0.5, 0.6) is 0 Å². The first-order chi connectivity index (χ1) is 11.8. The summed E-state index contributed by atoms with van der Waals surface area (Å²) >= 11 is 0. The average Bonchev–Trinajstić information content (AvgIpc) is 3.28. The van der Waals surface area contributed by atoms with Crippen LogP contribution in [0, 0.1) is 5.92 Å². The molecular weight excluding hydrogens is 298 g/mol. The van der Waals surface area contributed by atoms with Crippen LogP contribution in [0.1, 0.15) is 43.0 Å². The van der Waals surface area contributed by atoms with Crippen molar-refractivity contribution in [1.29, 1.82) is 0 Å². The number of nitrogens with one attached hydrogen (secondary N) is 2. The summed E-state index contributed by atoms with van der Waals surface area (Å²) in [7, 11) is 2.12. The van der Waals surface area contributed by atoms with Gasteiger partial charge in [0.15, 0.2) is 0 Å². The first kappa shape index (κ1) is 15.4. The molecule has 3 aromatic rings. The fourth-order valence-corrected chi connectivity index (χ4v) is 3.76. The van der Waals surface area contributed by atoms with Gasteiger partial charge in [0.25, 0.3) is 0 Å². The molecule has 5 heteroatoms. The van der Waals surface area contributed by atoms with Crippen LogP contribution in [0.3, 0.4) is 0 Å². The van der Waals surface area contributed by atoms with E-state index in [-0.39, 0.29) is 0 Å². The van der Waals surface area contributed by atoms with Gasteiger partial charge in [-0.3, -0.25) is 4.90 Å². The highest BCUT2D eigenvalue weighted by Gasteiger charge is 2.17. The first-order valence-corrected chi connectivity index (χ1v) is 8.91. The number of hydrogen-bond acceptors (Lipinski definition) is 3. The molecule has 24 heavy (non-hydrogen) atoms. The maximum atomic E-state index is 4.64. The molecule has 0 amide bonds. The van der Waals surface area contributed by atoms with Crippen molar-refractivity contribution >= 4 is 11.0 Å². The summed E-state index contributed by atoms with van der Waals surface area (Å²) in [5.74, 6) is 2.98. The van der Waals surface area contributed by atoms with E-state index in [1.165, 1.54) is 31.4 Å². The van der Waals surface area contributed by atoms with Crippen molar-refractivity contribution in [2.45, 2.75) is 45.2 Å². The highest BCUT2D eigenvalue weighted by atomic mass is 15.1. The monoisotopic (exact) mass is 323 g/mol. The molecular formula is C19H25N5. The number of imidazole rings is 2. The summed E-state index contributed by atoms with van der Waals surface area (Å²) < 4.78 is 0. The Morgan fingerprint density at radius 2 is 1.92 bits per heavy atom. The van der Waals surface area contributed by atoms with Gasteiger partial charge in [0.1, 0.15) is 11.6 Å². The Hall–Kier alpha value is -2.14. The minimum atomic E-state index is 0.797. The van der Waals surface area contributed by atoms with Gasteiger partial charge in [0.05, 0.1) is 17.6 Å². The van der Waals surface area contributed by atoms with E-state index >= 15 is 0 Å². The molecule has 126 valence electrons. The SMILES string of the molecule is CN(Cc1cnc(CC2CCCC2)[nH]1)Cc1nc2ccccc2[nH]1. The molecule has 1 aliphatic carbocycles. The predicted octanol–water partition coefficient (Wildman–Crippen LogP) is 3.65. The number of aromatic nitrogens is 4. The van der Waals surface area contributed by atoms with Gasteiger partial charge in [-0.15, -0.1) is 0 Å². The minimum absolute atomic E-state index is 0.797. The Morgan fingerprint density at radius 1 is 1.08 bits per heavy atom. The van der Waals surface area contributed by atoms with Crippen LogP contribution < -0.4 is 0 Å². The lowest BCUT2D eigenvalue weighted by Crippen LogP contribution is -2.18. The van der Waals surface area contributed by atoms with Crippen molar-refractivity contribution in [2.75, 3.05) is 7.05 Å². The van der Waals surface area contributed by atoms with E-state index in [4.69, 9.17) is 0 Å². The fraction of sp³-hybridized carbons (Fsp3) is 0.474. The maximum absolute atomic E-state index is 4.64. The second-order valence-corrected chi connectivity index (χ2v) is 7.08. The van der Waals surface area contributed by atoms with Crippen molar-refractivity contribution in [3.05, 3.63) is 47.8 Å². The molecule has 0 spiro atoms. The van der Waals surface area contributed by atoms with E-state index in [1.807, 2.05) is 24.4 Å². The third-order valence-electron chi connectivity index (χ3n) is 4.94. The summed E-state index contributed by atoms with van der Waals surface area (Å²) in [6.45, 7) is 1.65. The van der Waals surface area contributed by atoms with E-state index in [0.29, 0.717) is 0 Å². The quantitative estimate of drug-likeness (QED) is 0.728. The minimum Gasteiger partial charge on any atom is -0.345 e. The molecule has 1 aliphatic rings. The summed E-state index contributed by atoms with van der Waals surface area (Å²) in [6.07, 6.45) is 8.59. The second-order valence-electron chi connectivity index (χ2n) is 7.08. The lowest BCUT2D eigenvalue weighted by atomic mass is 10.0. The Labute approximate surface area is 142 Å². The molecule has 0 unspecified atom stereocenters. The van der Waals surface area contributed by atoms with Gasteiger partial charge >= 0.3 is 0 Å². The highest BCUT2D eigenvalue weighted by molar-refractivity contribution is 5.74. The largest absolute Gasteiger partial charge is 0.345 e. The van der Waals surface area contributed by atoms with Crippen molar-refractivity contribution in [1.82, 2.24) is 24.8 Å². The number of para-hydroxylation sites is 2. The second kappa shape index (κ2) is 6.77. The highest BCUT2D eigenvalue weighted by Crippen LogP contribution is 2.27. The lowest BCUT2D eigenvalue weighted by molar-refractivity contribution is 0.308. The average molecular weight is 323 g/mol. The molecule has 2 heterocycles. The van der Waals surface area contributed by atoms with Gasteiger partial charge in [0.2, 0.25) is 0 Å². The van der Waals surface area contributed by atoms with E-state index < -0.39 is 0 Å². The van der Waals surface area contributed by atoms with Gasteiger partial charge in [-0.2, -0.15) is 0 Å². The number of aromatic amines is 2. The number of hydrogen-bond donors (Lipinski definition) is 2. The van der Waals surface area contributed by atoms with Crippen LogP contribution in [0.2, 0.25) is 0 Å². The Bertz CT molecular complexity index is 764. The Kier molecular flexibility index (Phi) is 4.34. The number of benzene rings is 1. The van der Waals surface area contributed by atoms with Crippen LogP contribution in [0.25, 0.3) is 11.0 Å². The zero-order valence-electron chi connectivity index (χ0n) is 14.3. The number of nitrogens with zero attached hydrogens (tertiary/aromatic N) is 3. The molecule has 0 bridgehead atoms. The first-order valence-electron chi connectivity index (χ1n) is 8.91. The Balaban J connectivity index is 1.35. The molecule has 5 nitrogen and oxygen atoms in total. The van der Waals surface area contributed by atoms with E-state index in [9.17, 15) is 0 Å². The lowest BCUT2D eigenvalue weighted by Gasteiger charge is -2.13. The molecule has 0 aliphatic heterocycles. The van der Waals surface area contributed by atoms with Gasteiger partial charge in [-0.25, -0.2) is 9.97 Å². The third kappa shape index (κ3) is 3.51. The van der Waals surface area contributed by atoms with E-state index in [1.54, 1.807) is 0 Å². The zero-order valence-corrected chi connectivity index (χ0v) is 14.3. The van der Waals surface area contributed by atoms with Crippen LogP contribution in [-0.2, 0) is 19.5 Å². The Morgan fingerprint density at radius 3 is 2.75 bits per heavy atom. The molecule has 2 N–H and O–H groups in total. The van der Waals surface area contributed by atoms with Gasteiger partial charge < -0.3 is 9.97 Å². The molecule has 2 aromatic heterocycles. The fourth-order valence-electron chi connectivity index (χ4n) is 3.76. The van der Waals surface area contributed by atoms with Crippen LogP contribution >= 0.6 is 0 Å². The topological polar surface area (TPSA) is 60.6 Å². The van der Waals surface area contributed by atoms with E-state index in [0.717, 1.165) is 48.1 Å². The number of rotatable bonds is 6. The standard InChI is InChI=1S/C19H25N5/c1-24(13-19-22-16-8-4-5-9-17(16)23-19)12-15-11-20-18(21-15)10-14-6-2-3-7-14/h4-5,8-9,11,14H,2-3,6-7,10,12-13H2,1H3,(H,20,21)(H,22,23). The molecule has 1 saturated carbocycles. The van der Waals surface area contributed by atoms with E-state index in [2.05, 4.69) is 37.9 Å².